The van der Waals surface area contributed by atoms with Crippen LogP contribution in [0.5, 0.6) is 0 Å². The molecule has 0 bridgehead atoms. The normalized spacial score (nSPS) is 18.2. The summed E-state index contributed by atoms with van der Waals surface area (Å²) in [5.41, 5.74) is 3.88. The highest BCUT2D eigenvalue weighted by molar-refractivity contribution is 6.31. The molecule has 1 aliphatic heterocycles. The number of hydrogen-bond donors (Lipinski definition) is 0. The van der Waals surface area contributed by atoms with Crippen LogP contribution in [0, 0.1) is 13.8 Å². The van der Waals surface area contributed by atoms with Crippen molar-refractivity contribution in [3.63, 3.8) is 0 Å². The number of piperidine rings is 1. The van der Waals surface area contributed by atoms with Crippen molar-refractivity contribution in [2.75, 3.05) is 27.2 Å². The van der Waals surface area contributed by atoms with Crippen LogP contribution in [-0.4, -0.2) is 43.0 Å². The Morgan fingerprint density at radius 1 is 1.21 bits per heavy atom. The van der Waals surface area contributed by atoms with Crippen LogP contribution in [0.25, 0.3) is 0 Å². The Morgan fingerprint density at radius 3 is 2.42 bits per heavy atom. The molecule has 0 unspecified atom stereocenters. The van der Waals surface area contributed by atoms with Crippen molar-refractivity contribution in [1.82, 2.24) is 9.80 Å². The standard InChI is InChI=1S/C16H25ClN2/c1-12-9-14(13(2)16(17)10-12)11-19-7-5-15(6-8-19)18(3)4/h9-10,15H,5-8,11H2,1-4H3. The second-order valence-electron chi connectivity index (χ2n) is 6.00. The third-order valence-electron chi connectivity index (χ3n) is 4.28. The zero-order valence-corrected chi connectivity index (χ0v) is 13.3. The summed E-state index contributed by atoms with van der Waals surface area (Å²) in [5.74, 6) is 0. The fourth-order valence-electron chi connectivity index (χ4n) is 2.89. The molecular weight excluding hydrogens is 256 g/mol. The number of hydrogen-bond acceptors (Lipinski definition) is 2. The molecular formula is C16H25ClN2. The summed E-state index contributed by atoms with van der Waals surface area (Å²) >= 11 is 6.28. The molecule has 1 aromatic rings. The van der Waals surface area contributed by atoms with Gasteiger partial charge in [-0.05, 0) is 76.6 Å². The van der Waals surface area contributed by atoms with E-state index in [4.69, 9.17) is 11.6 Å². The molecule has 1 aliphatic rings. The van der Waals surface area contributed by atoms with E-state index in [2.05, 4.69) is 49.9 Å². The molecule has 0 atom stereocenters. The van der Waals surface area contributed by atoms with Crippen LogP contribution >= 0.6 is 11.6 Å². The van der Waals surface area contributed by atoms with Crippen LogP contribution in [-0.2, 0) is 6.54 Å². The second-order valence-corrected chi connectivity index (χ2v) is 6.41. The first-order valence-electron chi connectivity index (χ1n) is 7.12. The quantitative estimate of drug-likeness (QED) is 0.836. The molecule has 0 radical (unpaired) electrons. The lowest BCUT2D eigenvalue weighted by atomic mass is 10.0. The van der Waals surface area contributed by atoms with Crippen LogP contribution in [0.1, 0.15) is 29.5 Å². The maximum atomic E-state index is 6.28. The molecule has 3 heteroatoms. The molecule has 1 fully saturated rings. The van der Waals surface area contributed by atoms with E-state index in [9.17, 15) is 0 Å². The molecule has 0 amide bonds. The van der Waals surface area contributed by atoms with Crippen LogP contribution < -0.4 is 0 Å². The number of halogens is 1. The first-order valence-corrected chi connectivity index (χ1v) is 7.49. The zero-order chi connectivity index (χ0) is 14.0. The molecule has 1 saturated heterocycles. The van der Waals surface area contributed by atoms with Crippen molar-refractivity contribution < 1.29 is 0 Å². The molecule has 19 heavy (non-hydrogen) atoms. The molecule has 0 saturated carbocycles. The van der Waals surface area contributed by atoms with Crippen LogP contribution in [0.15, 0.2) is 12.1 Å². The van der Waals surface area contributed by atoms with E-state index in [0.717, 1.165) is 17.6 Å². The van der Waals surface area contributed by atoms with Crippen LogP contribution in [0.2, 0.25) is 5.02 Å². The lowest BCUT2D eigenvalue weighted by Crippen LogP contribution is -2.41. The summed E-state index contributed by atoms with van der Waals surface area (Å²) in [4.78, 5) is 4.91. The Labute approximate surface area is 122 Å². The van der Waals surface area contributed by atoms with Crippen molar-refractivity contribution in [3.8, 4) is 0 Å². The summed E-state index contributed by atoms with van der Waals surface area (Å²) in [6.07, 6.45) is 2.54. The number of aryl methyl sites for hydroxylation is 1. The third kappa shape index (κ3) is 3.71. The monoisotopic (exact) mass is 280 g/mol. The van der Waals surface area contributed by atoms with Gasteiger partial charge in [-0.3, -0.25) is 4.90 Å². The van der Waals surface area contributed by atoms with E-state index in [1.807, 2.05) is 0 Å². The second kappa shape index (κ2) is 6.25. The van der Waals surface area contributed by atoms with E-state index in [1.165, 1.54) is 42.6 Å². The minimum Gasteiger partial charge on any atom is -0.306 e. The summed E-state index contributed by atoms with van der Waals surface area (Å²) in [7, 11) is 4.37. The lowest BCUT2D eigenvalue weighted by molar-refractivity contribution is 0.140. The van der Waals surface area contributed by atoms with Gasteiger partial charge in [0.25, 0.3) is 0 Å². The minimum atomic E-state index is 0.749. The molecule has 0 N–H and O–H groups in total. The molecule has 0 aromatic heterocycles. The topological polar surface area (TPSA) is 6.48 Å². The highest BCUT2D eigenvalue weighted by Crippen LogP contribution is 2.24. The lowest BCUT2D eigenvalue weighted by Gasteiger charge is -2.35. The van der Waals surface area contributed by atoms with Gasteiger partial charge in [0.1, 0.15) is 0 Å². The Hall–Kier alpha value is -0.570. The zero-order valence-electron chi connectivity index (χ0n) is 12.5. The maximum Gasteiger partial charge on any atom is 0.0441 e. The van der Waals surface area contributed by atoms with Crippen molar-refractivity contribution in [2.24, 2.45) is 0 Å². The van der Waals surface area contributed by atoms with E-state index in [1.54, 1.807) is 0 Å². The van der Waals surface area contributed by atoms with Crippen LogP contribution in [0.3, 0.4) is 0 Å². The number of benzene rings is 1. The first-order chi connectivity index (χ1) is 8.97. The van der Waals surface area contributed by atoms with Gasteiger partial charge in [0, 0.05) is 17.6 Å². The van der Waals surface area contributed by atoms with Gasteiger partial charge in [-0.1, -0.05) is 17.7 Å². The summed E-state index contributed by atoms with van der Waals surface area (Å²) in [6, 6.07) is 5.08. The molecule has 1 aromatic carbocycles. The Morgan fingerprint density at radius 2 is 1.84 bits per heavy atom. The van der Waals surface area contributed by atoms with Gasteiger partial charge >= 0.3 is 0 Å². The molecule has 2 nitrogen and oxygen atoms in total. The van der Waals surface area contributed by atoms with E-state index in [-0.39, 0.29) is 0 Å². The Balaban J connectivity index is 2.00. The fourth-order valence-corrected chi connectivity index (χ4v) is 3.18. The molecule has 2 rings (SSSR count). The Kier molecular flexibility index (Phi) is 4.88. The molecule has 0 spiro atoms. The predicted octanol–water partition coefficient (Wildman–Crippen LogP) is 3.48. The van der Waals surface area contributed by atoms with Gasteiger partial charge < -0.3 is 4.90 Å². The largest absolute Gasteiger partial charge is 0.306 e. The number of rotatable bonds is 3. The number of likely N-dealkylation sites (tertiary alicyclic amines) is 1. The van der Waals surface area contributed by atoms with Gasteiger partial charge in [0.15, 0.2) is 0 Å². The van der Waals surface area contributed by atoms with E-state index >= 15 is 0 Å². The molecule has 1 heterocycles. The van der Waals surface area contributed by atoms with Crippen LogP contribution in [0.4, 0.5) is 0 Å². The van der Waals surface area contributed by atoms with Gasteiger partial charge in [0.2, 0.25) is 0 Å². The van der Waals surface area contributed by atoms with Gasteiger partial charge in [-0.15, -0.1) is 0 Å². The predicted molar refractivity (Wildman–Crippen MR) is 82.9 cm³/mol. The third-order valence-corrected chi connectivity index (χ3v) is 4.67. The van der Waals surface area contributed by atoms with Crippen molar-refractivity contribution >= 4 is 11.6 Å². The highest BCUT2D eigenvalue weighted by atomic mass is 35.5. The molecule has 106 valence electrons. The van der Waals surface area contributed by atoms with Gasteiger partial charge in [-0.25, -0.2) is 0 Å². The number of nitrogens with zero attached hydrogens (tertiary/aromatic N) is 2. The SMILES string of the molecule is Cc1cc(Cl)c(C)c(CN2CCC(N(C)C)CC2)c1. The van der Waals surface area contributed by atoms with Crippen molar-refractivity contribution in [1.29, 1.82) is 0 Å². The molecule has 0 aliphatic carbocycles. The highest BCUT2D eigenvalue weighted by Gasteiger charge is 2.21. The van der Waals surface area contributed by atoms with Crippen molar-refractivity contribution in [2.45, 2.75) is 39.3 Å². The van der Waals surface area contributed by atoms with E-state index in [0.29, 0.717) is 0 Å². The first kappa shape index (κ1) is 14.8. The van der Waals surface area contributed by atoms with Gasteiger partial charge in [0.05, 0.1) is 0 Å². The minimum absolute atomic E-state index is 0.749. The average molecular weight is 281 g/mol. The summed E-state index contributed by atoms with van der Waals surface area (Å²) in [5, 5.41) is 0.901. The fraction of sp³-hybridized carbons (Fsp3) is 0.625. The Bertz CT molecular complexity index is 435. The van der Waals surface area contributed by atoms with Crippen molar-refractivity contribution in [3.05, 3.63) is 33.8 Å². The maximum absolute atomic E-state index is 6.28. The average Bonchev–Trinajstić information content (AvgIpc) is 2.36. The summed E-state index contributed by atoms with van der Waals surface area (Å²) < 4.78 is 0. The summed E-state index contributed by atoms with van der Waals surface area (Å²) in [6.45, 7) is 7.66. The smallest absolute Gasteiger partial charge is 0.0441 e. The van der Waals surface area contributed by atoms with E-state index < -0.39 is 0 Å². The van der Waals surface area contributed by atoms with Gasteiger partial charge in [-0.2, -0.15) is 0 Å².